The van der Waals surface area contributed by atoms with Crippen molar-refractivity contribution in [1.29, 1.82) is 0 Å². The van der Waals surface area contributed by atoms with Crippen LogP contribution in [0.25, 0.3) is 5.57 Å². The number of hydrogen-bond donors (Lipinski definition) is 0. The van der Waals surface area contributed by atoms with Crippen molar-refractivity contribution in [1.82, 2.24) is 4.98 Å². The molecule has 1 aliphatic rings. The van der Waals surface area contributed by atoms with E-state index in [1.165, 1.54) is 32.7 Å². The topological polar surface area (TPSA) is 57.7 Å². The lowest BCUT2D eigenvalue weighted by Gasteiger charge is -2.13. The van der Waals surface area contributed by atoms with Gasteiger partial charge in [0.1, 0.15) is 10.7 Å². The van der Waals surface area contributed by atoms with Crippen LogP contribution in [0.15, 0.2) is 35.7 Å². The number of benzene rings is 1. The molecule has 0 bridgehead atoms. The van der Waals surface area contributed by atoms with E-state index in [9.17, 15) is 4.79 Å². The molecule has 0 fully saturated rings. The molecule has 130 valence electrons. The number of ketones is 1. The molecule has 0 amide bonds. The first-order chi connectivity index (χ1) is 12.2. The fourth-order valence-electron chi connectivity index (χ4n) is 2.67. The summed E-state index contributed by atoms with van der Waals surface area (Å²) in [5, 5.41) is 2.68. The van der Waals surface area contributed by atoms with E-state index in [1.54, 1.807) is 17.5 Å². The van der Waals surface area contributed by atoms with Crippen LogP contribution in [0.3, 0.4) is 0 Å². The van der Waals surface area contributed by atoms with Gasteiger partial charge in [0.2, 0.25) is 11.5 Å². The lowest BCUT2D eigenvalue weighted by Crippen LogP contribution is -2.05. The quantitative estimate of drug-likeness (QED) is 0.728. The van der Waals surface area contributed by atoms with Gasteiger partial charge >= 0.3 is 0 Å². The average molecular weight is 357 g/mol. The third-order valence-electron chi connectivity index (χ3n) is 3.95. The van der Waals surface area contributed by atoms with Crippen LogP contribution in [0.2, 0.25) is 0 Å². The molecule has 0 aliphatic heterocycles. The molecule has 5 nitrogen and oxygen atoms in total. The van der Waals surface area contributed by atoms with Crippen LogP contribution >= 0.6 is 11.3 Å². The summed E-state index contributed by atoms with van der Waals surface area (Å²) < 4.78 is 15.9. The highest BCUT2D eigenvalue weighted by molar-refractivity contribution is 7.11. The Hall–Kier alpha value is -2.60. The van der Waals surface area contributed by atoms with Crippen molar-refractivity contribution in [2.24, 2.45) is 0 Å². The summed E-state index contributed by atoms with van der Waals surface area (Å²) in [6.45, 7) is 0. The van der Waals surface area contributed by atoms with Gasteiger partial charge in [0.15, 0.2) is 11.5 Å². The molecule has 0 saturated heterocycles. The summed E-state index contributed by atoms with van der Waals surface area (Å²) in [4.78, 5) is 17.4. The number of hydrogen-bond acceptors (Lipinski definition) is 6. The largest absolute Gasteiger partial charge is 0.493 e. The summed E-state index contributed by atoms with van der Waals surface area (Å²) >= 11 is 1.49. The van der Waals surface area contributed by atoms with Gasteiger partial charge in [0.05, 0.1) is 21.3 Å². The van der Waals surface area contributed by atoms with Crippen LogP contribution in [-0.2, 0) is 0 Å². The lowest BCUT2D eigenvalue weighted by atomic mass is 10.1. The number of methoxy groups -OCH3 is 3. The van der Waals surface area contributed by atoms with E-state index in [0.29, 0.717) is 28.5 Å². The zero-order valence-corrected chi connectivity index (χ0v) is 15.2. The van der Waals surface area contributed by atoms with Gasteiger partial charge in [-0.05, 0) is 30.5 Å². The second-order valence-corrected chi connectivity index (χ2v) is 6.30. The Bertz CT molecular complexity index is 826. The van der Waals surface area contributed by atoms with Gasteiger partial charge in [-0.2, -0.15) is 0 Å². The Kier molecular flexibility index (Phi) is 5.19. The Morgan fingerprint density at radius 2 is 1.84 bits per heavy atom. The maximum absolute atomic E-state index is 12.8. The standard InChI is InChI=1S/C19H19NO4S/c1-22-15-9-13(10-16(23-2)18(15)24-3)17(21)14-11-25-19(20-14)12-7-5-4-6-8-12/h4-5,7,9-11H,6,8H2,1-3H3. The Balaban J connectivity index is 1.94. The number of carbonyl (C=O) groups excluding carboxylic acids is 1. The van der Waals surface area contributed by atoms with Gasteiger partial charge in [-0.25, -0.2) is 4.98 Å². The molecule has 3 rings (SSSR count). The zero-order valence-electron chi connectivity index (χ0n) is 14.4. The molecule has 0 unspecified atom stereocenters. The summed E-state index contributed by atoms with van der Waals surface area (Å²) in [5.41, 5.74) is 2.03. The highest BCUT2D eigenvalue weighted by Gasteiger charge is 2.20. The van der Waals surface area contributed by atoms with E-state index in [-0.39, 0.29) is 5.78 Å². The van der Waals surface area contributed by atoms with Gasteiger partial charge < -0.3 is 14.2 Å². The summed E-state index contributed by atoms with van der Waals surface area (Å²) in [5.74, 6) is 1.18. The molecular weight excluding hydrogens is 338 g/mol. The number of thiazole rings is 1. The van der Waals surface area contributed by atoms with Gasteiger partial charge in [-0.15, -0.1) is 11.3 Å². The Morgan fingerprint density at radius 3 is 2.40 bits per heavy atom. The molecule has 6 heteroatoms. The summed E-state index contributed by atoms with van der Waals surface area (Å²) in [6.07, 6.45) is 8.15. The number of ether oxygens (including phenoxy) is 3. The zero-order chi connectivity index (χ0) is 17.8. The fourth-order valence-corrected chi connectivity index (χ4v) is 3.52. The monoisotopic (exact) mass is 357 g/mol. The number of rotatable bonds is 6. The van der Waals surface area contributed by atoms with Gasteiger partial charge in [0.25, 0.3) is 0 Å². The average Bonchev–Trinajstić information content (AvgIpc) is 3.17. The maximum Gasteiger partial charge on any atom is 0.212 e. The molecule has 0 atom stereocenters. The van der Waals surface area contributed by atoms with Crippen molar-refractivity contribution in [2.45, 2.75) is 12.8 Å². The minimum atomic E-state index is -0.172. The molecular formula is C19H19NO4S. The van der Waals surface area contributed by atoms with E-state index in [2.05, 4.69) is 17.1 Å². The molecule has 25 heavy (non-hydrogen) atoms. The van der Waals surface area contributed by atoms with Crippen molar-refractivity contribution in [3.05, 3.63) is 52.0 Å². The third-order valence-corrected chi connectivity index (χ3v) is 4.87. The first-order valence-corrected chi connectivity index (χ1v) is 8.72. The highest BCUT2D eigenvalue weighted by Crippen LogP contribution is 2.39. The Labute approximate surface area is 150 Å². The Morgan fingerprint density at radius 1 is 1.12 bits per heavy atom. The van der Waals surface area contributed by atoms with Crippen molar-refractivity contribution >= 4 is 22.7 Å². The van der Waals surface area contributed by atoms with Crippen LogP contribution in [0.4, 0.5) is 0 Å². The van der Waals surface area contributed by atoms with E-state index < -0.39 is 0 Å². The first-order valence-electron chi connectivity index (χ1n) is 7.84. The van der Waals surface area contributed by atoms with E-state index in [1.807, 2.05) is 6.08 Å². The molecule has 1 aromatic heterocycles. The van der Waals surface area contributed by atoms with Gasteiger partial charge in [-0.1, -0.05) is 18.2 Å². The number of carbonyl (C=O) groups is 1. The maximum atomic E-state index is 12.8. The smallest absolute Gasteiger partial charge is 0.212 e. The normalized spacial score (nSPS) is 13.3. The number of nitrogens with zero attached hydrogens (tertiary/aromatic N) is 1. The fraction of sp³-hybridized carbons (Fsp3) is 0.263. The summed E-state index contributed by atoms with van der Waals surface area (Å²) in [6, 6.07) is 3.29. The van der Waals surface area contributed by atoms with E-state index in [0.717, 1.165) is 23.4 Å². The van der Waals surface area contributed by atoms with Crippen LogP contribution < -0.4 is 14.2 Å². The lowest BCUT2D eigenvalue weighted by molar-refractivity contribution is 0.103. The van der Waals surface area contributed by atoms with Crippen molar-refractivity contribution in [2.75, 3.05) is 21.3 Å². The van der Waals surface area contributed by atoms with E-state index in [4.69, 9.17) is 14.2 Å². The molecule has 0 spiro atoms. The molecule has 1 heterocycles. The van der Waals surface area contributed by atoms with Crippen molar-refractivity contribution < 1.29 is 19.0 Å². The minimum Gasteiger partial charge on any atom is -0.493 e. The molecule has 0 radical (unpaired) electrons. The van der Waals surface area contributed by atoms with E-state index >= 15 is 0 Å². The van der Waals surface area contributed by atoms with Crippen molar-refractivity contribution in [3.63, 3.8) is 0 Å². The van der Waals surface area contributed by atoms with Gasteiger partial charge in [0, 0.05) is 10.9 Å². The predicted molar refractivity (Wildman–Crippen MR) is 98.0 cm³/mol. The molecule has 0 saturated carbocycles. The number of allylic oxidation sites excluding steroid dienone is 4. The molecule has 2 aromatic rings. The predicted octanol–water partition coefficient (Wildman–Crippen LogP) is 4.13. The van der Waals surface area contributed by atoms with Crippen molar-refractivity contribution in [3.8, 4) is 17.2 Å². The first kappa shape index (κ1) is 17.2. The number of aromatic nitrogens is 1. The van der Waals surface area contributed by atoms with Crippen LogP contribution in [0.5, 0.6) is 17.2 Å². The highest BCUT2D eigenvalue weighted by atomic mass is 32.1. The van der Waals surface area contributed by atoms with Crippen LogP contribution in [-0.4, -0.2) is 32.1 Å². The molecule has 1 aliphatic carbocycles. The SMILES string of the molecule is COc1cc(C(=O)c2csc(C3=CC=CCC3)n2)cc(OC)c1OC. The summed E-state index contributed by atoms with van der Waals surface area (Å²) in [7, 11) is 4.58. The molecule has 1 aromatic carbocycles. The van der Waals surface area contributed by atoms with Crippen LogP contribution in [0, 0.1) is 0 Å². The second kappa shape index (κ2) is 7.53. The third kappa shape index (κ3) is 3.44. The second-order valence-electron chi connectivity index (χ2n) is 5.44. The molecule has 0 N–H and O–H groups in total. The minimum absolute atomic E-state index is 0.172. The van der Waals surface area contributed by atoms with Crippen LogP contribution in [0.1, 0.15) is 33.9 Å². The van der Waals surface area contributed by atoms with Gasteiger partial charge in [-0.3, -0.25) is 4.79 Å².